The van der Waals surface area contributed by atoms with Crippen molar-refractivity contribution in [2.24, 2.45) is 39.9 Å². The first-order chi connectivity index (χ1) is 12.3. The Morgan fingerprint density at radius 3 is 2.69 bits per heavy atom. The van der Waals surface area contributed by atoms with Crippen LogP contribution in [0.1, 0.15) is 72.1 Å². The zero-order valence-electron chi connectivity index (χ0n) is 16.6. The van der Waals surface area contributed by atoms with Crippen LogP contribution in [0.5, 0.6) is 0 Å². The molecule has 0 aromatic carbocycles. The van der Waals surface area contributed by atoms with Gasteiger partial charge in [0.2, 0.25) is 0 Å². The number of aliphatic hydroxyl groups excluding tert-OH is 1. The molecule has 8 atom stereocenters. The molecular weight excluding hydrogens is 324 g/mol. The number of rotatable bonds is 0. The number of esters is 1. The third-order valence-corrected chi connectivity index (χ3v) is 10.2. The molecule has 5 rings (SSSR count). The number of carbonyl (C=O) groups excluding carboxylic acids is 1. The van der Waals surface area contributed by atoms with Gasteiger partial charge in [0.25, 0.3) is 0 Å². The maximum absolute atomic E-state index is 12.3. The second kappa shape index (κ2) is 5.37. The minimum absolute atomic E-state index is 0.0277. The molecule has 1 spiro atoms. The number of carbonyl (C=O) groups is 1. The van der Waals surface area contributed by atoms with Gasteiger partial charge in [-0.15, -0.1) is 0 Å². The average molecular weight is 359 g/mol. The molecule has 26 heavy (non-hydrogen) atoms. The first-order valence-electron chi connectivity index (χ1n) is 10.9. The summed E-state index contributed by atoms with van der Waals surface area (Å²) < 4.78 is 5.77. The highest BCUT2D eigenvalue weighted by Gasteiger charge is 2.68. The lowest BCUT2D eigenvalue weighted by molar-refractivity contribution is -0.197. The third kappa shape index (κ3) is 1.91. The van der Waals surface area contributed by atoms with Gasteiger partial charge in [-0.3, -0.25) is 4.79 Å². The van der Waals surface area contributed by atoms with Crippen molar-refractivity contribution in [3.05, 3.63) is 11.6 Å². The lowest BCUT2D eigenvalue weighted by Crippen LogP contribution is -2.59. The van der Waals surface area contributed by atoms with Crippen LogP contribution in [0, 0.1) is 39.9 Å². The standard InChI is InChI=1S/C23H34O3/c1-14-20(25)26-13-23-11-8-18-17(19(23)7-10-22(14,23)3)5-4-15-12-16(24)6-9-21(15,18)2/h4,14,16-19,24H,5-13H2,1-3H3/t14-,16-,17?,18?,19?,21-,22+,23+/m0/s1. The van der Waals surface area contributed by atoms with Crippen molar-refractivity contribution >= 4 is 5.97 Å². The maximum Gasteiger partial charge on any atom is 0.309 e. The van der Waals surface area contributed by atoms with Crippen LogP contribution in [0.2, 0.25) is 0 Å². The summed E-state index contributed by atoms with van der Waals surface area (Å²) in [6.07, 6.45) is 11.5. The molecule has 4 aliphatic carbocycles. The number of ether oxygens (including phenoxy) is 1. The van der Waals surface area contributed by atoms with Crippen molar-refractivity contribution in [2.75, 3.05) is 6.61 Å². The van der Waals surface area contributed by atoms with Crippen molar-refractivity contribution in [3.8, 4) is 0 Å². The summed E-state index contributed by atoms with van der Waals surface area (Å²) in [7, 11) is 0. The van der Waals surface area contributed by atoms with Crippen LogP contribution in [-0.2, 0) is 9.53 Å². The van der Waals surface area contributed by atoms with Gasteiger partial charge < -0.3 is 9.84 Å². The van der Waals surface area contributed by atoms with Crippen LogP contribution in [0.15, 0.2) is 11.6 Å². The lowest BCUT2D eigenvalue weighted by Gasteiger charge is -2.61. The summed E-state index contributed by atoms with van der Waals surface area (Å²) in [5, 5.41) is 10.2. The van der Waals surface area contributed by atoms with Crippen molar-refractivity contribution < 1.29 is 14.6 Å². The first kappa shape index (κ1) is 17.3. The summed E-state index contributed by atoms with van der Waals surface area (Å²) in [6, 6.07) is 0. The van der Waals surface area contributed by atoms with Crippen molar-refractivity contribution in [1.29, 1.82) is 0 Å². The zero-order valence-corrected chi connectivity index (χ0v) is 16.6. The SMILES string of the molecule is C[C@H]1C(=O)OC[C@]23CCC4C(CC=C5C[C@@H](O)CC[C@@]54C)C2CC[C@]13C. The Morgan fingerprint density at radius 1 is 1.12 bits per heavy atom. The highest BCUT2D eigenvalue weighted by Crippen LogP contribution is 2.72. The number of hydrogen-bond acceptors (Lipinski definition) is 3. The molecule has 0 bridgehead atoms. The smallest absolute Gasteiger partial charge is 0.309 e. The topological polar surface area (TPSA) is 46.5 Å². The Bertz CT molecular complexity index is 668. The van der Waals surface area contributed by atoms with Crippen LogP contribution in [0.4, 0.5) is 0 Å². The van der Waals surface area contributed by atoms with Crippen molar-refractivity contribution in [2.45, 2.75) is 78.2 Å². The summed E-state index contributed by atoms with van der Waals surface area (Å²) in [5.74, 6) is 2.25. The maximum atomic E-state index is 12.3. The number of fused-ring (bicyclic) bond motifs is 4. The summed E-state index contributed by atoms with van der Waals surface area (Å²) in [4.78, 5) is 12.3. The average Bonchev–Trinajstić information content (AvgIpc) is 2.94. The Kier molecular flexibility index (Phi) is 3.57. The van der Waals surface area contributed by atoms with E-state index in [4.69, 9.17) is 4.74 Å². The van der Waals surface area contributed by atoms with Crippen LogP contribution in [-0.4, -0.2) is 23.8 Å². The van der Waals surface area contributed by atoms with E-state index in [-0.39, 0.29) is 28.8 Å². The summed E-state index contributed by atoms with van der Waals surface area (Å²) >= 11 is 0. The van der Waals surface area contributed by atoms with Crippen LogP contribution < -0.4 is 0 Å². The van der Waals surface area contributed by atoms with E-state index in [0.29, 0.717) is 17.9 Å². The fourth-order valence-electron chi connectivity index (χ4n) is 8.34. The molecule has 1 aliphatic heterocycles. The van der Waals surface area contributed by atoms with Crippen LogP contribution >= 0.6 is 0 Å². The monoisotopic (exact) mass is 358 g/mol. The minimum atomic E-state index is -0.130. The van der Waals surface area contributed by atoms with Gasteiger partial charge in [-0.2, -0.15) is 0 Å². The minimum Gasteiger partial charge on any atom is -0.465 e. The van der Waals surface area contributed by atoms with Gasteiger partial charge in [0.15, 0.2) is 0 Å². The Hall–Kier alpha value is -0.830. The van der Waals surface area contributed by atoms with Gasteiger partial charge in [-0.25, -0.2) is 0 Å². The van der Waals surface area contributed by atoms with Gasteiger partial charge in [-0.05, 0) is 80.0 Å². The Balaban J connectivity index is 1.52. The van der Waals surface area contributed by atoms with Crippen molar-refractivity contribution in [3.63, 3.8) is 0 Å². The molecule has 0 amide bonds. The van der Waals surface area contributed by atoms with E-state index in [0.717, 1.165) is 31.1 Å². The van der Waals surface area contributed by atoms with Crippen LogP contribution in [0.3, 0.4) is 0 Å². The summed E-state index contributed by atoms with van der Waals surface area (Å²) in [5.41, 5.74) is 2.15. The van der Waals surface area contributed by atoms with E-state index in [1.54, 1.807) is 0 Å². The molecule has 144 valence electrons. The molecule has 1 heterocycles. The number of cyclic esters (lactones) is 1. The second-order valence-electron chi connectivity index (χ2n) is 10.6. The highest BCUT2D eigenvalue weighted by atomic mass is 16.5. The molecule has 5 aliphatic rings. The molecule has 3 unspecified atom stereocenters. The van der Waals surface area contributed by atoms with E-state index in [1.165, 1.54) is 37.7 Å². The van der Waals surface area contributed by atoms with E-state index < -0.39 is 0 Å². The first-order valence-corrected chi connectivity index (χ1v) is 10.9. The van der Waals surface area contributed by atoms with E-state index >= 15 is 0 Å². The molecule has 3 saturated carbocycles. The molecular formula is C23H34O3. The van der Waals surface area contributed by atoms with Crippen molar-refractivity contribution in [1.82, 2.24) is 0 Å². The fourth-order valence-corrected chi connectivity index (χ4v) is 8.34. The highest BCUT2D eigenvalue weighted by molar-refractivity contribution is 5.74. The second-order valence-corrected chi connectivity index (χ2v) is 10.6. The normalized spacial score (nSPS) is 55.8. The van der Waals surface area contributed by atoms with Gasteiger partial charge in [0.1, 0.15) is 0 Å². The fraction of sp³-hybridized carbons (Fsp3) is 0.870. The zero-order chi connectivity index (χ0) is 18.3. The van der Waals surface area contributed by atoms with E-state index in [9.17, 15) is 9.90 Å². The number of hydrogen-bond donors (Lipinski definition) is 1. The van der Waals surface area contributed by atoms with Gasteiger partial charge in [0.05, 0.1) is 18.6 Å². The molecule has 1 saturated heterocycles. The van der Waals surface area contributed by atoms with Gasteiger partial charge >= 0.3 is 5.97 Å². The Labute approximate surface area is 157 Å². The molecule has 3 heteroatoms. The number of allylic oxidation sites excluding steroid dienone is 1. The molecule has 1 N–H and O–H groups in total. The largest absolute Gasteiger partial charge is 0.465 e. The number of aliphatic hydroxyl groups is 1. The lowest BCUT2D eigenvalue weighted by atomic mass is 9.44. The third-order valence-electron chi connectivity index (χ3n) is 10.2. The molecule has 0 aromatic heterocycles. The predicted molar refractivity (Wildman–Crippen MR) is 100 cm³/mol. The molecule has 0 aromatic rings. The van der Waals surface area contributed by atoms with Gasteiger partial charge in [-0.1, -0.05) is 32.4 Å². The van der Waals surface area contributed by atoms with Crippen LogP contribution in [0.25, 0.3) is 0 Å². The molecule has 3 nitrogen and oxygen atoms in total. The quantitative estimate of drug-likeness (QED) is 0.513. The molecule has 4 fully saturated rings. The van der Waals surface area contributed by atoms with E-state index in [2.05, 4.69) is 26.8 Å². The molecule has 0 radical (unpaired) electrons. The van der Waals surface area contributed by atoms with E-state index in [1.807, 2.05) is 0 Å². The Morgan fingerprint density at radius 2 is 1.88 bits per heavy atom. The predicted octanol–water partition coefficient (Wildman–Crippen LogP) is 4.49. The summed E-state index contributed by atoms with van der Waals surface area (Å²) in [6.45, 7) is 7.64. The van der Waals surface area contributed by atoms with Gasteiger partial charge in [0, 0.05) is 5.41 Å².